The number of ether oxygens (including phenoxy) is 1. The van der Waals surface area contributed by atoms with E-state index in [-0.39, 0.29) is 0 Å². The molecule has 1 rings (SSSR count). The van der Waals surface area contributed by atoms with Crippen molar-refractivity contribution in [3.05, 3.63) is 41.1 Å². The quantitative estimate of drug-likeness (QED) is 0.265. The zero-order valence-electron chi connectivity index (χ0n) is 18.8. The summed E-state index contributed by atoms with van der Waals surface area (Å²) in [5.41, 5.74) is 15.9. The number of aryl methyl sites for hydroxylation is 2. The molecule has 1 aromatic rings. The van der Waals surface area contributed by atoms with Crippen LogP contribution in [0.15, 0.2) is 29.4 Å². The highest BCUT2D eigenvalue weighted by Gasteiger charge is 2.00. The number of rotatable bonds is 17. The van der Waals surface area contributed by atoms with Gasteiger partial charge in [0, 0.05) is 24.6 Å². The lowest BCUT2D eigenvalue weighted by Gasteiger charge is -2.06. The van der Waals surface area contributed by atoms with Crippen LogP contribution in [0, 0.1) is 13.8 Å². The highest BCUT2D eigenvalue weighted by Crippen LogP contribution is 2.16. The van der Waals surface area contributed by atoms with Gasteiger partial charge in [0.1, 0.15) is 0 Å². The van der Waals surface area contributed by atoms with E-state index < -0.39 is 0 Å². The predicted octanol–water partition coefficient (Wildman–Crippen LogP) is 5.55. The Balaban J connectivity index is 1.99. The normalized spacial score (nSPS) is 12.2. The van der Waals surface area contributed by atoms with Gasteiger partial charge in [0.25, 0.3) is 0 Å². The number of unbranched alkanes of at least 4 members (excludes halogenated alkanes) is 9. The van der Waals surface area contributed by atoms with Crippen LogP contribution in [0.25, 0.3) is 5.57 Å². The maximum absolute atomic E-state index is 5.77. The van der Waals surface area contributed by atoms with Gasteiger partial charge in [-0.2, -0.15) is 0 Å². The molecule has 4 heteroatoms. The molecule has 0 aromatic heterocycles. The molecule has 0 fully saturated rings. The smallest absolute Gasteiger partial charge is 0.0661 e. The van der Waals surface area contributed by atoms with Crippen molar-refractivity contribution < 1.29 is 4.74 Å². The predicted molar refractivity (Wildman–Crippen MR) is 127 cm³/mol. The minimum absolute atomic E-state index is 0.671. The molecule has 0 saturated carbocycles. The molecule has 0 unspecified atom stereocenters. The number of hydrogen-bond acceptors (Lipinski definition) is 4. The van der Waals surface area contributed by atoms with Gasteiger partial charge in [-0.1, -0.05) is 69.6 Å². The molecule has 4 N–H and O–H groups in total. The van der Waals surface area contributed by atoms with Crippen molar-refractivity contribution in [2.24, 2.45) is 16.5 Å². The summed E-state index contributed by atoms with van der Waals surface area (Å²) in [6.07, 6.45) is 16.5. The van der Waals surface area contributed by atoms with Gasteiger partial charge in [-0.3, -0.25) is 4.99 Å². The lowest BCUT2D eigenvalue weighted by Crippen LogP contribution is -2.01. The summed E-state index contributed by atoms with van der Waals surface area (Å²) in [6.45, 7) is 7.25. The maximum atomic E-state index is 5.77. The topological polar surface area (TPSA) is 73.6 Å². The van der Waals surface area contributed by atoms with Crippen molar-refractivity contribution in [3.63, 3.8) is 0 Å². The molecular formula is C25H43N3O. The molecule has 0 saturated heterocycles. The summed E-state index contributed by atoms with van der Waals surface area (Å²) in [5, 5.41) is 0. The third-order valence-electron chi connectivity index (χ3n) is 5.36. The highest BCUT2D eigenvalue weighted by atomic mass is 16.5. The fourth-order valence-electron chi connectivity index (χ4n) is 3.28. The first-order chi connectivity index (χ1) is 14.2. The summed E-state index contributed by atoms with van der Waals surface area (Å²) in [6, 6.07) is 6.36. The second-order valence-electron chi connectivity index (χ2n) is 7.89. The van der Waals surface area contributed by atoms with Gasteiger partial charge in [0.2, 0.25) is 0 Å². The summed E-state index contributed by atoms with van der Waals surface area (Å²) in [5.74, 6) is 0. The van der Waals surface area contributed by atoms with Crippen LogP contribution in [0.3, 0.4) is 0 Å². The van der Waals surface area contributed by atoms with Crippen molar-refractivity contribution in [2.45, 2.75) is 78.1 Å². The minimum atomic E-state index is 0.671. The molecule has 0 aliphatic rings. The molecule has 0 atom stereocenters. The third kappa shape index (κ3) is 12.5. The van der Waals surface area contributed by atoms with E-state index in [0.717, 1.165) is 30.7 Å². The number of nitrogens with zero attached hydrogens (tertiary/aromatic N) is 1. The van der Waals surface area contributed by atoms with Crippen LogP contribution in [0.5, 0.6) is 0 Å². The minimum Gasteiger partial charge on any atom is -0.404 e. The van der Waals surface area contributed by atoms with Crippen molar-refractivity contribution in [1.29, 1.82) is 0 Å². The molecule has 0 aliphatic heterocycles. The van der Waals surface area contributed by atoms with E-state index in [9.17, 15) is 0 Å². The molecule has 29 heavy (non-hydrogen) atoms. The van der Waals surface area contributed by atoms with Crippen LogP contribution in [0.2, 0.25) is 0 Å². The monoisotopic (exact) mass is 401 g/mol. The second kappa shape index (κ2) is 17.2. The van der Waals surface area contributed by atoms with Crippen LogP contribution in [-0.4, -0.2) is 32.5 Å². The first-order valence-electron chi connectivity index (χ1n) is 11.5. The largest absolute Gasteiger partial charge is 0.404 e. The van der Waals surface area contributed by atoms with Crippen molar-refractivity contribution in [1.82, 2.24) is 0 Å². The summed E-state index contributed by atoms with van der Waals surface area (Å²) >= 11 is 0. The number of hydrogen-bond donors (Lipinski definition) is 2. The molecule has 4 nitrogen and oxygen atoms in total. The van der Waals surface area contributed by atoms with Crippen molar-refractivity contribution in [2.75, 3.05) is 26.3 Å². The fourth-order valence-corrected chi connectivity index (χ4v) is 3.28. The first-order valence-corrected chi connectivity index (χ1v) is 11.5. The number of aliphatic imine (C=N–C) groups is 1. The average molecular weight is 402 g/mol. The average Bonchev–Trinajstić information content (AvgIpc) is 2.72. The Labute approximate surface area is 178 Å². The van der Waals surface area contributed by atoms with E-state index in [1.807, 2.05) is 6.21 Å². The van der Waals surface area contributed by atoms with Gasteiger partial charge >= 0.3 is 0 Å². The second-order valence-corrected chi connectivity index (χ2v) is 7.89. The van der Waals surface area contributed by atoms with Gasteiger partial charge in [-0.05, 0) is 49.9 Å². The summed E-state index contributed by atoms with van der Waals surface area (Å²) < 4.78 is 5.70. The molecule has 164 valence electrons. The van der Waals surface area contributed by atoms with Gasteiger partial charge in [-0.25, -0.2) is 0 Å². The van der Waals surface area contributed by atoms with Gasteiger partial charge in [0.15, 0.2) is 0 Å². The van der Waals surface area contributed by atoms with E-state index in [0.29, 0.717) is 13.2 Å². The SMILES string of the molecule is Cc1ccc(/C(C=NCCOCCCCCCCCCCCCN)=C/N)cc1C. The first kappa shape index (κ1) is 25.4. The lowest BCUT2D eigenvalue weighted by atomic mass is 10.0. The number of nitrogens with two attached hydrogens (primary N) is 2. The van der Waals surface area contributed by atoms with Crippen LogP contribution < -0.4 is 11.5 Å². The molecule has 0 bridgehead atoms. The molecule has 0 radical (unpaired) electrons. The summed E-state index contributed by atoms with van der Waals surface area (Å²) in [4.78, 5) is 4.46. The molecule has 0 amide bonds. The lowest BCUT2D eigenvalue weighted by molar-refractivity contribution is 0.137. The Hall–Kier alpha value is -1.65. The van der Waals surface area contributed by atoms with Crippen LogP contribution in [0.4, 0.5) is 0 Å². The molecule has 0 aliphatic carbocycles. The van der Waals surface area contributed by atoms with E-state index >= 15 is 0 Å². The van der Waals surface area contributed by atoms with Crippen LogP contribution in [-0.2, 0) is 4.74 Å². The Morgan fingerprint density at radius 3 is 2.07 bits per heavy atom. The standard InChI is InChI=1S/C25H43N3O/c1-22-13-14-24(19-23(22)2)25(20-27)21-28-16-18-29-17-12-10-8-6-4-3-5-7-9-11-15-26/h13-14,19-21H,3-12,15-18,26-27H2,1-2H3/b25-20+,28-21?. The molecule has 1 aromatic carbocycles. The van der Waals surface area contributed by atoms with Crippen LogP contribution >= 0.6 is 0 Å². The number of benzene rings is 1. The summed E-state index contributed by atoms with van der Waals surface area (Å²) in [7, 11) is 0. The zero-order valence-corrected chi connectivity index (χ0v) is 18.8. The third-order valence-corrected chi connectivity index (χ3v) is 5.36. The molecule has 0 heterocycles. The van der Waals surface area contributed by atoms with E-state index in [1.54, 1.807) is 6.20 Å². The molecular weight excluding hydrogens is 358 g/mol. The van der Waals surface area contributed by atoms with Gasteiger partial charge in [-0.15, -0.1) is 0 Å². The number of allylic oxidation sites excluding steroid dienone is 1. The zero-order chi connectivity index (χ0) is 21.2. The Bertz CT molecular complexity index is 596. The fraction of sp³-hybridized carbons (Fsp3) is 0.640. The molecule has 0 spiro atoms. The Kier molecular flexibility index (Phi) is 15.1. The highest BCUT2D eigenvalue weighted by molar-refractivity contribution is 6.09. The van der Waals surface area contributed by atoms with Crippen LogP contribution in [0.1, 0.15) is 80.9 Å². The van der Waals surface area contributed by atoms with Gasteiger partial charge < -0.3 is 16.2 Å². The Morgan fingerprint density at radius 1 is 0.862 bits per heavy atom. The van der Waals surface area contributed by atoms with E-state index in [1.165, 1.54) is 68.9 Å². The van der Waals surface area contributed by atoms with E-state index in [2.05, 4.69) is 37.0 Å². The van der Waals surface area contributed by atoms with Gasteiger partial charge in [0.05, 0.1) is 13.2 Å². The van der Waals surface area contributed by atoms with E-state index in [4.69, 9.17) is 16.2 Å². The van der Waals surface area contributed by atoms with Crippen molar-refractivity contribution >= 4 is 11.8 Å². The maximum Gasteiger partial charge on any atom is 0.0661 e. The van der Waals surface area contributed by atoms with Crippen molar-refractivity contribution in [3.8, 4) is 0 Å². The Morgan fingerprint density at radius 2 is 1.48 bits per heavy atom.